The fraction of sp³-hybridized carbons (Fsp3) is 0.208. The Kier molecular flexibility index (Phi) is 5.93. The highest BCUT2D eigenvalue weighted by atomic mass is 16.1. The molecule has 0 saturated carbocycles. The Morgan fingerprint density at radius 3 is 2.75 bits per heavy atom. The zero-order valence-electron chi connectivity index (χ0n) is 18.3. The summed E-state index contributed by atoms with van der Waals surface area (Å²) in [5, 5.41) is 6.92. The van der Waals surface area contributed by atoms with Gasteiger partial charge in [0.25, 0.3) is 5.91 Å². The van der Waals surface area contributed by atoms with E-state index in [1.54, 1.807) is 25.5 Å². The van der Waals surface area contributed by atoms with E-state index in [0.29, 0.717) is 17.9 Å². The smallest absolute Gasteiger partial charge is 0.251 e. The summed E-state index contributed by atoms with van der Waals surface area (Å²) in [4.78, 5) is 29.7. The van der Waals surface area contributed by atoms with E-state index in [1.165, 1.54) is 6.33 Å². The Bertz CT molecular complexity index is 1290. The van der Waals surface area contributed by atoms with E-state index >= 15 is 0 Å². The first-order chi connectivity index (χ1) is 15.5. The molecule has 3 aromatic heterocycles. The van der Waals surface area contributed by atoms with Crippen LogP contribution in [0.2, 0.25) is 0 Å². The molecule has 4 aromatic rings. The molecular weight excluding hydrogens is 402 g/mol. The van der Waals surface area contributed by atoms with Crippen molar-refractivity contribution in [3.05, 3.63) is 71.8 Å². The molecule has 4 N–H and O–H groups in total. The molecule has 0 fully saturated rings. The summed E-state index contributed by atoms with van der Waals surface area (Å²) in [5.74, 6) is 1.24. The van der Waals surface area contributed by atoms with Crippen LogP contribution in [0.15, 0.2) is 55.1 Å². The van der Waals surface area contributed by atoms with Crippen LogP contribution in [0, 0.1) is 6.92 Å². The van der Waals surface area contributed by atoms with Crippen molar-refractivity contribution >= 4 is 28.4 Å². The molecule has 8 nitrogen and oxygen atoms in total. The van der Waals surface area contributed by atoms with Crippen LogP contribution in [0.3, 0.4) is 0 Å². The lowest BCUT2D eigenvalue weighted by Gasteiger charge is -2.16. The minimum atomic E-state index is -0.124. The predicted molar refractivity (Wildman–Crippen MR) is 126 cm³/mol. The van der Waals surface area contributed by atoms with Gasteiger partial charge in [0.2, 0.25) is 0 Å². The summed E-state index contributed by atoms with van der Waals surface area (Å²) in [7, 11) is 1.63. The number of fused-ring (bicyclic) bond motifs is 1. The zero-order valence-corrected chi connectivity index (χ0v) is 18.3. The second-order valence-electron chi connectivity index (χ2n) is 7.68. The van der Waals surface area contributed by atoms with Crippen LogP contribution in [-0.4, -0.2) is 39.4 Å². The molecule has 4 rings (SSSR count). The van der Waals surface area contributed by atoms with Crippen molar-refractivity contribution in [3.63, 3.8) is 0 Å². The average molecular weight is 428 g/mol. The number of pyridine rings is 2. The quantitative estimate of drug-likeness (QED) is 0.430. The van der Waals surface area contributed by atoms with E-state index < -0.39 is 0 Å². The van der Waals surface area contributed by atoms with E-state index in [2.05, 4.69) is 37.5 Å². The fourth-order valence-corrected chi connectivity index (χ4v) is 3.63. The maximum absolute atomic E-state index is 12.2. The number of para-hydroxylation sites is 1. The van der Waals surface area contributed by atoms with E-state index in [0.717, 1.165) is 39.1 Å². The second kappa shape index (κ2) is 8.97. The first-order valence-electron chi connectivity index (χ1n) is 10.4. The van der Waals surface area contributed by atoms with Crippen LogP contribution in [-0.2, 0) is 0 Å². The van der Waals surface area contributed by atoms with Gasteiger partial charge >= 0.3 is 0 Å². The van der Waals surface area contributed by atoms with Crippen molar-refractivity contribution < 1.29 is 4.79 Å². The van der Waals surface area contributed by atoms with Gasteiger partial charge in [0.1, 0.15) is 18.0 Å². The van der Waals surface area contributed by atoms with Crippen molar-refractivity contribution in [2.24, 2.45) is 0 Å². The number of rotatable bonds is 6. The van der Waals surface area contributed by atoms with E-state index in [9.17, 15) is 4.79 Å². The maximum Gasteiger partial charge on any atom is 0.251 e. The summed E-state index contributed by atoms with van der Waals surface area (Å²) >= 11 is 0. The molecule has 162 valence electrons. The highest BCUT2D eigenvalue weighted by molar-refractivity contribution is 6.06. The molecule has 0 spiro atoms. The number of nitrogen functional groups attached to an aromatic ring is 1. The molecule has 3 heterocycles. The molecule has 0 aliphatic carbocycles. The van der Waals surface area contributed by atoms with Gasteiger partial charge in [0.05, 0.1) is 16.8 Å². The number of benzene rings is 1. The van der Waals surface area contributed by atoms with Gasteiger partial charge in [0, 0.05) is 48.9 Å². The number of amides is 1. The van der Waals surface area contributed by atoms with Gasteiger partial charge < -0.3 is 16.4 Å². The molecule has 8 heteroatoms. The molecule has 0 aliphatic heterocycles. The Morgan fingerprint density at radius 1 is 1.12 bits per heavy atom. The van der Waals surface area contributed by atoms with E-state index in [4.69, 9.17) is 5.73 Å². The molecule has 0 bridgehead atoms. The number of carbonyl (C=O) groups excluding carboxylic acids is 1. The predicted octanol–water partition coefficient (Wildman–Crippen LogP) is 3.55. The molecule has 1 aromatic carbocycles. The molecular formula is C24H25N7O. The first-order valence-corrected chi connectivity index (χ1v) is 10.4. The number of hydrogen-bond acceptors (Lipinski definition) is 7. The monoisotopic (exact) mass is 427 g/mol. The second-order valence-corrected chi connectivity index (χ2v) is 7.68. The third-order valence-electron chi connectivity index (χ3n) is 5.48. The van der Waals surface area contributed by atoms with Crippen molar-refractivity contribution in [2.75, 3.05) is 24.6 Å². The summed E-state index contributed by atoms with van der Waals surface area (Å²) < 4.78 is 0. The van der Waals surface area contributed by atoms with Gasteiger partial charge in [-0.2, -0.15) is 0 Å². The molecule has 32 heavy (non-hydrogen) atoms. The third-order valence-corrected chi connectivity index (χ3v) is 5.48. The Balaban J connectivity index is 1.56. The van der Waals surface area contributed by atoms with Gasteiger partial charge in [-0.3, -0.25) is 9.78 Å². The largest absolute Gasteiger partial charge is 0.383 e. The Labute approximate surface area is 186 Å². The topological polar surface area (TPSA) is 119 Å². The number of carbonyl (C=O) groups is 1. The maximum atomic E-state index is 12.2. The van der Waals surface area contributed by atoms with Crippen LogP contribution in [0.25, 0.3) is 22.2 Å². The van der Waals surface area contributed by atoms with Gasteiger partial charge in [0.15, 0.2) is 0 Å². The minimum Gasteiger partial charge on any atom is -0.383 e. The minimum absolute atomic E-state index is 0.124. The van der Waals surface area contributed by atoms with Crippen LogP contribution < -0.4 is 16.4 Å². The highest BCUT2D eigenvalue weighted by Gasteiger charge is 2.15. The normalized spacial score (nSPS) is 11.8. The fourth-order valence-electron chi connectivity index (χ4n) is 3.63. The molecule has 1 atom stereocenters. The van der Waals surface area contributed by atoms with Crippen LogP contribution in [0.5, 0.6) is 0 Å². The van der Waals surface area contributed by atoms with Crippen molar-refractivity contribution in [2.45, 2.75) is 19.8 Å². The number of nitrogens with one attached hydrogen (secondary N) is 2. The lowest BCUT2D eigenvalue weighted by Crippen LogP contribution is -2.18. The number of anilines is 2. The zero-order chi connectivity index (χ0) is 22.7. The van der Waals surface area contributed by atoms with Crippen molar-refractivity contribution in [3.8, 4) is 11.3 Å². The van der Waals surface area contributed by atoms with Crippen LogP contribution in [0.1, 0.15) is 34.3 Å². The number of aryl methyl sites for hydroxylation is 1. The van der Waals surface area contributed by atoms with E-state index in [1.807, 2.05) is 37.3 Å². The molecule has 0 radical (unpaired) electrons. The van der Waals surface area contributed by atoms with Gasteiger partial charge in [-0.1, -0.05) is 25.1 Å². The summed E-state index contributed by atoms with van der Waals surface area (Å²) in [5.41, 5.74) is 10.9. The molecule has 0 unspecified atom stereocenters. The van der Waals surface area contributed by atoms with Crippen molar-refractivity contribution in [1.82, 2.24) is 25.3 Å². The number of hydrogen-bond donors (Lipinski definition) is 3. The SMILES string of the molecule is CNC(=O)c1ccnc2c([C@H](C)CNc3cc(-c4cnc(N)c(C)c4)ncn3)cccc12. The summed E-state index contributed by atoms with van der Waals surface area (Å²) in [6.07, 6.45) is 4.92. The Hall–Kier alpha value is -4.07. The third kappa shape index (κ3) is 4.20. The lowest BCUT2D eigenvalue weighted by atomic mass is 9.96. The average Bonchev–Trinajstić information content (AvgIpc) is 2.83. The van der Waals surface area contributed by atoms with Crippen molar-refractivity contribution in [1.29, 1.82) is 0 Å². The number of nitrogens with zero attached hydrogens (tertiary/aromatic N) is 4. The highest BCUT2D eigenvalue weighted by Crippen LogP contribution is 2.27. The van der Waals surface area contributed by atoms with Gasteiger partial charge in [-0.15, -0.1) is 0 Å². The lowest BCUT2D eigenvalue weighted by molar-refractivity contribution is 0.0964. The van der Waals surface area contributed by atoms with E-state index in [-0.39, 0.29) is 11.8 Å². The molecule has 0 saturated heterocycles. The molecule has 1 amide bonds. The Morgan fingerprint density at radius 2 is 1.97 bits per heavy atom. The van der Waals surface area contributed by atoms with Crippen LogP contribution >= 0.6 is 0 Å². The standard InChI is InChI=1S/C24H25N7O/c1-14-9-16(12-29-23(14)25)20-10-21(31-13-30-20)28-11-15(2)17-5-4-6-18-19(24(32)26-3)7-8-27-22(17)18/h4-10,12-13,15H,11H2,1-3H3,(H2,25,29)(H,26,32)(H,28,30,31)/t15-/m1/s1. The van der Waals surface area contributed by atoms with Gasteiger partial charge in [-0.25, -0.2) is 15.0 Å². The summed E-state index contributed by atoms with van der Waals surface area (Å²) in [6, 6.07) is 11.5. The number of aromatic nitrogens is 4. The van der Waals surface area contributed by atoms with Gasteiger partial charge in [-0.05, 0) is 30.2 Å². The van der Waals surface area contributed by atoms with Crippen LogP contribution in [0.4, 0.5) is 11.6 Å². The number of nitrogens with two attached hydrogens (primary N) is 1. The summed E-state index contributed by atoms with van der Waals surface area (Å²) in [6.45, 7) is 4.67. The molecule has 0 aliphatic rings. The first kappa shape index (κ1) is 21.2.